The van der Waals surface area contributed by atoms with Gasteiger partial charge in [-0.2, -0.15) is 0 Å². The molecule has 0 atom stereocenters. The number of benzene rings is 6. The summed E-state index contributed by atoms with van der Waals surface area (Å²) in [5, 5.41) is 11.6. The second-order valence-electron chi connectivity index (χ2n) is 8.44. The van der Waals surface area contributed by atoms with E-state index in [1.165, 1.54) is 32.3 Å². The highest BCUT2D eigenvalue weighted by Gasteiger charge is 2.11. The Bertz CT molecular complexity index is 1740. The van der Waals surface area contributed by atoms with Gasteiger partial charge in [0.2, 0.25) is 0 Å². The number of fused-ring (bicyclic) bond motifs is 5. The van der Waals surface area contributed by atoms with Crippen LogP contribution in [-0.4, -0.2) is 5.97 Å². The maximum Gasteiger partial charge on any atom is 0.338 e. The number of hydrogen-bond donors (Lipinski definition) is 0. The zero-order valence-electron chi connectivity index (χ0n) is 17.7. The first-order valence-corrected chi connectivity index (χ1v) is 10.7. The Kier molecular flexibility index (Phi) is 4.02. The summed E-state index contributed by atoms with van der Waals surface area (Å²) in [5.74, 6) is 0.150. The van der Waals surface area contributed by atoms with Crippen molar-refractivity contribution in [1.82, 2.24) is 0 Å². The first-order chi connectivity index (χ1) is 15.5. The lowest BCUT2D eigenvalue weighted by atomic mass is 9.96. The molecule has 0 fully saturated rings. The minimum absolute atomic E-state index is 0.383. The van der Waals surface area contributed by atoms with Crippen molar-refractivity contribution in [2.24, 2.45) is 0 Å². The van der Waals surface area contributed by atoms with Crippen LogP contribution in [0.4, 0.5) is 0 Å². The van der Waals surface area contributed by atoms with E-state index in [2.05, 4.69) is 79.4 Å². The van der Waals surface area contributed by atoms with E-state index in [0.717, 1.165) is 21.5 Å². The fourth-order valence-corrected chi connectivity index (χ4v) is 4.47. The number of hydrogen-bond acceptors (Lipinski definition) is 2. The van der Waals surface area contributed by atoms with Gasteiger partial charge in [0.15, 0.2) is 0 Å². The van der Waals surface area contributed by atoms with Gasteiger partial charge < -0.3 is 4.74 Å². The number of carbonyl (C=O) groups is 1. The van der Waals surface area contributed by atoms with Gasteiger partial charge >= 0.3 is 5.97 Å². The third-order valence-corrected chi connectivity index (χ3v) is 6.12. The Hall–Kier alpha value is -4.17. The van der Waals surface area contributed by atoms with Gasteiger partial charge in [0, 0.05) is 11.0 Å². The van der Waals surface area contributed by atoms with Crippen molar-refractivity contribution < 1.29 is 9.53 Å². The van der Waals surface area contributed by atoms with Gasteiger partial charge in [0.1, 0.15) is 5.75 Å². The molecule has 0 amide bonds. The summed E-state index contributed by atoms with van der Waals surface area (Å²) >= 11 is 0. The Morgan fingerprint density at radius 2 is 1.03 bits per heavy atom. The van der Waals surface area contributed by atoms with Crippen LogP contribution >= 0.6 is 0 Å². The van der Waals surface area contributed by atoms with E-state index in [9.17, 15) is 4.79 Å². The Morgan fingerprint density at radius 1 is 0.594 bits per heavy atom. The zero-order chi connectivity index (χ0) is 21.8. The number of ether oxygens (including phenoxy) is 1. The average Bonchev–Trinajstić information content (AvgIpc) is 2.79. The van der Waals surface area contributed by atoms with E-state index in [0.29, 0.717) is 11.3 Å². The van der Waals surface area contributed by atoms with Crippen molar-refractivity contribution >= 4 is 59.8 Å². The summed E-state index contributed by atoms with van der Waals surface area (Å²) in [5.41, 5.74) is 0.383. The van der Waals surface area contributed by atoms with Crippen LogP contribution < -0.4 is 4.74 Å². The van der Waals surface area contributed by atoms with Gasteiger partial charge in [-0.25, -0.2) is 4.79 Å². The minimum atomic E-state index is -0.408. The first kappa shape index (κ1) is 18.6. The molecule has 0 N–H and O–H groups in total. The summed E-state index contributed by atoms with van der Waals surface area (Å²) in [6.45, 7) is 5.34. The van der Waals surface area contributed by atoms with Crippen molar-refractivity contribution in [2.45, 2.75) is 6.92 Å². The molecule has 0 saturated carbocycles. The topological polar surface area (TPSA) is 26.3 Å². The first-order valence-electron chi connectivity index (χ1n) is 10.7. The van der Waals surface area contributed by atoms with E-state index in [1.54, 1.807) is 6.92 Å². The van der Waals surface area contributed by atoms with Crippen molar-refractivity contribution in [3.8, 4) is 5.75 Å². The molecular weight excluding hydrogens is 392 g/mol. The summed E-state index contributed by atoms with van der Waals surface area (Å²) in [4.78, 5) is 12.1. The highest BCUT2D eigenvalue weighted by Crippen LogP contribution is 2.34. The molecule has 0 unspecified atom stereocenters. The SMILES string of the molecule is C=C(C)C(=O)Oc1cccc2cc3cc4cc5cc6ccccc6cc5cc4cc3cc12. The maximum absolute atomic E-state index is 12.1. The standard InChI is InChI=1S/C30H20O2/c1-18(2)30(31)32-29-9-5-8-21-12-24-15-25-13-22-10-19-6-3-4-7-20(19)11-23(22)14-26(25)16-27(24)17-28(21)29/h3-17H,1H2,2H3. The van der Waals surface area contributed by atoms with Crippen molar-refractivity contribution in [3.05, 3.63) is 103 Å². The summed E-state index contributed by atoms with van der Waals surface area (Å²) in [7, 11) is 0. The van der Waals surface area contributed by atoms with Crippen LogP contribution in [0.2, 0.25) is 0 Å². The molecule has 6 aromatic carbocycles. The van der Waals surface area contributed by atoms with Crippen LogP contribution in [-0.2, 0) is 4.79 Å². The van der Waals surface area contributed by atoms with Gasteiger partial charge in [-0.3, -0.25) is 0 Å². The molecule has 0 bridgehead atoms. The predicted octanol–water partition coefficient (Wildman–Crippen LogP) is 7.93. The van der Waals surface area contributed by atoms with Crippen LogP contribution in [0.25, 0.3) is 53.9 Å². The lowest BCUT2D eigenvalue weighted by Crippen LogP contribution is -2.08. The monoisotopic (exact) mass is 412 g/mol. The predicted molar refractivity (Wildman–Crippen MR) is 134 cm³/mol. The van der Waals surface area contributed by atoms with Crippen molar-refractivity contribution in [3.63, 3.8) is 0 Å². The molecule has 0 saturated heterocycles. The van der Waals surface area contributed by atoms with E-state index in [4.69, 9.17) is 4.74 Å². The molecule has 152 valence electrons. The summed E-state index contributed by atoms with van der Waals surface area (Å²) in [6, 6.07) is 32.0. The average molecular weight is 412 g/mol. The molecular formula is C30H20O2. The largest absolute Gasteiger partial charge is 0.423 e. The molecule has 0 aliphatic heterocycles. The highest BCUT2D eigenvalue weighted by molar-refractivity contribution is 6.11. The van der Waals surface area contributed by atoms with Crippen LogP contribution in [0.3, 0.4) is 0 Å². The Balaban J connectivity index is 1.58. The smallest absolute Gasteiger partial charge is 0.338 e. The molecule has 0 radical (unpaired) electrons. The molecule has 6 aromatic rings. The molecule has 0 heterocycles. The van der Waals surface area contributed by atoms with Crippen LogP contribution in [0.1, 0.15) is 6.92 Å². The quantitative estimate of drug-likeness (QED) is 0.125. The molecule has 32 heavy (non-hydrogen) atoms. The second kappa shape index (κ2) is 6.93. The Morgan fingerprint density at radius 3 is 1.56 bits per heavy atom. The third-order valence-electron chi connectivity index (χ3n) is 6.12. The Labute approximate surface area is 185 Å². The molecule has 0 aliphatic rings. The molecule has 0 spiro atoms. The van der Waals surface area contributed by atoms with Crippen LogP contribution in [0, 0.1) is 0 Å². The van der Waals surface area contributed by atoms with Crippen LogP contribution in [0.5, 0.6) is 5.75 Å². The third kappa shape index (κ3) is 3.00. The lowest BCUT2D eigenvalue weighted by molar-refractivity contribution is -0.129. The molecule has 0 aromatic heterocycles. The van der Waals surface area contributed by atoms with E-state index in [1.807, 2.05) is 18.2 Å². The fourth-order valence-electron chi connectivity index (χ4n) is 4.47. The van der Waals surface area contributed by atoms with Gasteiger partial charge in [-0.15, -0.1) is 0 Å². The van der Waals surface area contributed by atoms with Gasteiger partial charge in [-0.1, -0.05) is 43.0 Å². The van der Waals surface area contributed by atoms with Crippen molar-refractivity contribution in [2.75, 3.05) is 0 Å². The summed E-state index contributed by atoms with van der Waals surface area (Å²) < 4.78 is 5.59. The minimum Gasteiger partial charge on any atom is -0.423 e. The normalized spacial score (nSPS) is 11.5. The van der Waals surface area contributed by atoms with Gasteiger partial charge in [0.25, 0.3) is 0 Å². The van der Waals surface area contributed by atoms with Gasteiger partial charge in [0.05, 0.1) is 0 Å². The molecule has 2 heteroatoms. The van der Waals surface area contributed by atoms with E-state index < -0.39 is 5.97 Å². The number of rotatable bonds is 2. The highest BCUT2D eigenvalue weighted by atomic mass is 16.5. The van der Waals surface area contributed by atoms with Gasteiger partial charge in [-0.05, 0) is 110 Å². The van der Waals surface area contributed by atoms with Crippen LogP contribution in [0.15, 0.2) is 103 Å². The number of esters is 1. The molecule has 6 rings (SSSR count). The number of carbonyl (C=O) groups excluding carboxylic acids is 1. The lowest BCUT2D eigenvalue weighted by Gasteiger charge is -2.11. The zero-order valence-corrected chi connectivity index (χ0v) is 17.7. The van der Waals surface area contributed by atoms with E-state index in [-0.39, 0.29) is 0 Å². The fraction of sp³-hybridized carbons (Fsp3) is 0.0333. The molecule has 2 nitrogen and oxygen atoms in total. The second-order valence-corrected chi connectivity index (χ2v) is 8.44. The van der Waals surface area contributed by atoms with E-state index >= 15 is 0 Å². The summed E-state index contributed by atoms with van der Waals surface area (Å²) in [6.07, 6.45) is 0. The van der Waals surface area contributed by atoms with Crippen molar-refractivity contribution in [1.29, 1.82) is 0 Å². The maximum atomic E-state index is 12.1. The molecule has 0 aliphatic carbocycles.